The quantitative estimate of drug-likeness (QED) is 0.624. The van der Waals surface area contributed by atoms with Gasteiger partial charge in [-0.1, -0.05) is 0 Å². The molecule has 7 nitrogen and oxygen atoms in total. The van der Waals surface area contributed by atoms with Gasteiger partial charge >= 0.3 is 0 Å². The smallest absolute Gasteiger partial charge is 0.270 e. The molecule has 0 atom stereocenters. The van der Waals surface area contributed by atoms with Crippen molar-refractivity contribution in [2.75, 3.05) is 19.7 Å². The van der Waals surface area contributed by atoms with Crippen molar-refractivity contribution in [2.24, 2.45) is 0 Å². The molecule has 0 aliphatic carbocycles. The summed E-state index contributed by atoms with van der Waals surface area (Å²) in [6.07, 6.45) is 1.42. The van der Waals surface area contributed by atoms with Gasteiger partial charge in [0.15, 0.2) is 10.8 Å². The summed E-state index contributed by atoms with van der Waals surface area (Å²) in [7, 11) is 0. The third-order valence-electron chi connectivity index (χ3n) is 5.22. The van der Waals surface area contributed by atoms with Crippen LogP contribution in [-0.4, -0.2) is 47.4 Å². The van der Waals surface area contributed by atoms with Gasteiger partial charge in [0.25, 0.3) is 11.8 Å². The van der Waals surface area contributed by atoms with E-state index in [0.717, 1.165) is 11.5 Å². The lowest BCUT2D eigenvalue weighted by atomic mass is 10.0. The Labute approximate surface area is 185 Å². The maximum absolute atomic E-state index is 12.7. The first-order valence-electron chi connectivity index (χ1n) is 10.4. The number of piperidine rings is 1. The number of amides is 2. The van der Waals surface area contributed by atoms with Gasteiger partial charge in [0, 0.05) is 30.1 Å². The van der Waals surface area contributed by atoms with E-state index in [1.807, 2.05) is 43.0 Å². The molecular formula is C23H25N3O4S. The van der Waals surface area contributed by atoms with E-state index in [2.05, 4.69) is 10.3 Å². The minimum Gasteiger partial charge on any atom is -0.494 e. The summed E-state index contributed by atoms with van der Waals surface area (Å²) in [5.41, 5.74) is 1.04. The van der Waals surface area contributed by atoms with E-state index in [4.69, 9.17) is 9.15 Å². The van der Waals surface area contributed by atoms with Gasteiger partial charge in [-0.25, -0.2) is 4.98 Å². The number of nitrogens with zero attached hydrogens (tertiary/aromatic N) is 2. The van der Waals surface area contributed by atoms with Crippen LogP contribution in [0.25, 0.3) is 10.8 Å². The normalized spacial score (nSPS) is 14.5. The van der Waals surface area contributed by atoms with Gasteiger partial charge in [0.1, 0.15) is 17.2 Å². The van der Waals surface area contributed by atoms with E-state index in [1.54, 1.807) is 17.5 Å². The van der Waals surface area contributed by atoms with Gasteiger partial charge in [0.05, 0.1) is 6.61 Å². The third kappa shape index (κ3) is 4.96. The number of hydrogen-bond donors (Lipinski definition) is 1. The Kier molecular flexibility index (Phi) is 6.36. The Morgan fingerprint density at radius 2 is 1.94 bits per heavy atom. The fourth-order valence-corrected chi connectivity index (χ4v) is 4.33. The van der Waals surface area contributed by atoms with Gasteiger partial charge in [-0.3, -0.25) is 9.59 Å². The summed E-state index contributed by atoms with van der Waals surface area (Å²) in [4.78, 5) is 31.6. The Balaban J connectivity index is 1.29. The van der Waals surface area contributed by atoms with Crippen molar-refractivity contribution in [3.63, 3.8) is 0 Å². The highest BCUT2D eigenvalue weighted by atomic mass is 32.1. The molecule has 2 aromatic heterocycles. The molecule has 0 bridgehead atoms. The van der Waals surface area contributed by atoms with Crippen LogP contribution >= 0.6 is 11.3 Å². The number of rotatable bonds is 6. The monoisotopic (exact) mass is 439 g/mol. The fraction of sp³-hybridized carbons (Fsp3) is 0.348. The largest absolute Gasteiger partial charge is 0.494 e. The first kappa shape index (κ1) is 21.1. The first-order chi connectivity index (χ1) is 15.0. The van der Waals surface area contributed by atoms with Crippen LogP contribution in [0.15, 0.2) is 46.2 Å². The summed E-state index contributed by atoms with van der Waals surface area (Å²) >= 11 is 1.38. The van der Waals surface area contributed by atoms with Crippen LogP contribution in [0.5, 0.6) is 5.75 Å². The number of ether oxygens (including phenoxy) is 1. The maximum atomic E-state index is 12.7. The zero-order valence-corrected chi connectivity index (χ0v) is 18.4. The molecule has 3 aromatic rings. The van der Waals surface area contributed by atoms with E-state index < -0.39 is 0 Å². The van der Waals surface area contributed by atoms with Crippen molar-refractivity contribution in [1.82, 2.24) is 15.2 Å². The molecule has 0 spiro atoms. The molecule has 1 aliphatic heterocycles. The molecule has 1 aromatic carbocycles. The van der Waals surface area contributed by atoms with Crippen molar-refractivity contribution < 1.29 is 18.7 Å². The number of aryl methyl sites for hydroxylation is 1. The second-order valence-electron chi connectivity index (χ2n) is 7.45. The molecule has 3 heterocycles. The number of aromatic nitrogens is 1. The molecule has 2 amide bonds. The summed E-state index contributed by atoms with van der Waals surface area (Å²) in [6.45, 7) is 5.60. The molecule has 31 heavy (non-hydrogen) atoms. The zero-order chi connectivity index (χ0) is 21.8. The first-order valence-corrected chi connectivity index (χ1v) is 11.3. The zero-order valence-electron chi connectivity index (χ0n) is 17.6. The maximum Gasteiger partial charge on any atom is 0.270 e. The lowest BCUT2D eigenvalue weighted by Crippen LogP contribution is -2.46. The molecular weight excluding hydrogens is 414 g/mol. The van der Waals surface area contributed by atoms with Crippen LogP contribution in [-0.2, 0) is 0 Å². The van der Waals surface area contributed by atoms with Crippen LogP contribution in [0.1, 0.15) is 46.4 Å². The van der Waals surface area contributed by atoms with E-state index in [-0.39, 0.29) is 17.9 Å². The van der Waals surface area contributed by atoms with E-state index in [9.17, 15) is 9.59 Å². The third-order valence-corrected chi connectivity index (χ3v) is 6.07. The standard InChI is InChI=1S/C23H25N3O4S/c1-3-29-18-7-5-16(6-8-18)23(28)26-12-10-17(11-13-26)24-21(27)19-14-31-22(25-19)20-9-4-15(2)30-20/h4-9,14,17H,3,10-13H2,1-2H3,(H,24,27). The second kappa shape index (κ2) is 9.34. The van der Waals surface area contributed by atoms with Crippen LogP contribution in [0.3, 0.4) is 0 Å². The molecule has 1 saturated heterocycles. The minimum atomic E-state index is -0.193. The highest BCUT2D eigenvalue weighted by Gasteiger charge is 2.25. The van der Waals surface area contributed by atoms with E-state index in [1.165, 1.54) is 11.3 Å². The average molecular weight is 440 g/mol. The van der Waals surface area contributed by atoms with Gasteiger partial charge < -0.3 is 19.4 Å². The topological polar surface area (TPSA) is 84.7 Å². The molecule has 1 fully saturated rings. The number of furan rings is 1. The summed E-state index contributed by atoms with van der Waals surface area (Å²) in [5.74, 6) is 2.05. The van der Waals surface area contributed by atoms with Crippen LogP contribution in [0, 0.1) is 6.92 Å². The van der Waals surface area contributed by atoms with Crippen molar-refractivity contribution in [3.05, 3.63) is 58.8 Å². The SMILES string of the molecule is CCOc1ccc(C(=O)N2CCC(NC(=O)c3csc(-c4ccc(C)o4)n3)CC2)cc1. The number of carbonyl (C=O) groups is 2. The van der Waals surface area contributed by atoms with E-state index in [0.29, 0.717) is 54.6 Å². The Bertz CT molecular complexity index is 1050. The highest BCUT2D eigenvalue weighted by molar-refractivity contribution is 7.13. The molecule has 0 saturated carbocycles. The van der Waals surface area contributed by atoms with Gasteiger partial charge in [-0.15, -0.1) is 11.3 Å². The molecule has 1 aliphatic rings. The number of benzene rings is 1. The number of hydrogen-bond acceptors (Lipinski definition) is 6. The van der Waals surface area contributed by atoms with Gasteiger partial charge in [0.2, 0.25) is 0 Å². The summed E-state index contributed by atoms with van der Waals surface area (Å²) in [5, 5.41) is 5.48. The lowest BCUT2D eigenvalue weighted by molar-refractivity contribution is 0.0697. The number of thiazole rings is 1. The van der Waals surface area contributed by atoms with Crippen LogP contribution in [0.2, 0.25) is 0 Å². The highest BCUT2D eigenvalue weighted by Crippen LogP contribution is 2.26. The predicted octanol–water partition coefficient (Wildman–Crippen LogP) is 4.14. The number of carbonyl (C=O) groups excluding carboxylic acids is 2. The Morgan fingerprint density at radius 3 is 2.58 bits per heavy atom. The molecule has 4 rings (SSSR count). The second-order valence-corrected chi connectivity index (χ2v) is 8.30. The number of nitrogens with one attached hydrogen (secondary N) is 1. The van der Waals surface area contributed by atoms with Crippen LogP contribution < -0.4 is 10.1 Å². The Hall–Kier alpha value is -3.13. The molecule has 0 unspecified atom stereocenters. The minimum absolute atomic E-state index is 0.00529. The average Bonchev–Trinajstić information content (AvgIpc) is 3.44. The van der Waals surface area contributed by atoms with Crippen molar-refractivity contribution >= 4 is 23.2 Å². The molecule has 162 valence electrons. The number of likely N-dealkylation sites (tertiary alicyclic amines) is 1. The van der Waals surface area contributed by atoms with Crippen molar-refractivity contribution in [3.8, 4) is 16.5 Å². The summed E-state index contributed by atoms with van der Waals surface area (Å²) < 4.78 is 11.0. The Morgan fingerprint density at radius 1 is 1.19 bits per heavy atom. The molecule has 1 N–H and O–H groups in total. The van der Waals surface area contributed by atoms with E-state index >= 15 is 0 Å². The fourth-order valence-electron chi connectivity index (χ4n) is 3.57. The van der Waals surface area contributed by atoms with Gasteiger partial charge in [-0.05, 0) is 63.1 Å². The summed E-state index contributed by atoms with van der Waals surface area (Å²) in [6, 6.07) is 11.0. The lowest BCUT2D eigenvalue weighted by Gasteiger charge is -2.32. The van der Waals surface area contributed by atoms with Crippen molar-refractivity contribution in [2.45, 2.75) is 32.7 Å². The van der Waals surface area contributed by atoms with Crippen molar-refractivity contribution in [1.29, 1.82) is 0 Å². The van der Waals surface area contributed by atoms with Crippen LogP contribution in [0.4, 0.5) is 0 Å². The molecule has 8 heteroatoms. The predicted molar refractivity (Wildman–Crippen MR) is 119 cm³/mol. The van der Waals surface area contributed by atoms with Gasteiger partial charge in [-0.2, -0.15) is 0 Å². The molecule has 0 radical (unpaired) electrons.